The topological polar surface area (TPSA) is 28.2 Å². The number of anilines is 1. The molecule has 0 bridgehead atoms. The molecule has 1 saturated heterocycles. The summed E-state index contributed by atoms with van der Waals surface area (Å²) in [7, 11) is 0. The lowest BCUT2D eigenvalue weighted by molar-refractivity contribution is 0.285. The van der Waals surface area contributed by atoms with Gasteiger partial charge in [0.1, 0.15) is 5.15 Å². The number of nitrogens with one attached hydrogen (secondary N) is 1. The van der Waals surface area contributed by atoms with Gasteiger partial charge < -0.3 is 10.2 Å². The molecule has 0 aliphatic carbocycles. The zero-order valence-electron chi connectivity index (χ0n) is 12.3. The van der Waals surface area contributed by atoms with E-state index in [4.69, 9.17) is 23.2 Å². The van der Waals surface area contributed by atoms with E-state index in [2.05, 4.69) is 22.1 Å². The Morgan fingerprint density at radius 3 is 2.85 bits per heavy atom. The number of rotatable bonds is 4. The summed E-state index contributed by atoms with van der Waals surface area (Å²) < 4.78 is 0. The summed E-state index contributed by atoms with van der Waals surface area (Å²) in [5.41, 5.74) is 2.00. The first-order valence-electron chi connectivity index (χ1n) is 7.41. The van der Waals surface area contributed by atoms with Gasteiger partial charge in [0.05, 0.1) is 5.69 Å². The molecule has 0 amide bonds. The lowest BCUT2D eigenvalue weighted by atomic mass is 10.1. The second-order valence-corrected chi connectivity index (χ2v) is 6.29. The van der Waals surface area contributed by atoms with Crippen LogP contribution < -0.4 is 5.32 Å². The summed E-state index contributed by atoms with van der Waals surface area (Å²) in [6, 6.07) is 2.33. The summed E-state index contributed by atoms with van der Waals surface area (Å²) in [6.45, 7) is 7.82. The highest BCUT2D eigenvalue weighted by Gasteiger charge is 2.18. The van der Waals surface area contributed by atoms with Crippen LogP contribution >= 0.6 is 23.2 Å². The van der Waals surface area contributed by atoms with Gasteiger partial charge in [-0.2, -0.15) is 0 Å². The Hall–Kier alpha value is -0.510. The quantitative estimate of drug-likeness (QED) is 0.836. The molecule has 1 aromatic rings. The molecule has 0 aromatic carbocycles. The number of hydrogen-bond acceptors (Lipinski definition) is 3. The third kappa shape index (κ3) is 4.24. The normalized spacial score (nSPS) is 20.7. The SMILES string of the molecule is CCCN1CCCC(Nc2c(C)cc(Cl)nc2Cl)CC1. The van der Waals surface area contributed by atoms with Gasteiger partial charge in [0.2, 0.25) is 0 Å². The van der Waals surface area contributed by atoms with Crippen LogP contribution in [0, 0.1) is 6.92 Å². The van der Waals surface area contributed by atoms with Crippen LogP contribution in [0.2, 0.25) is 10.3 Å². The van der Waals surface area contributed by atoms with Crippen molar-refractivity contribution in [1.29, 1.82) is 0 Å². The maximum absolute atomic E-state index is 6.20. The van der Waals surface area contributed by atoms with Gasteiger partial charge in [-0.05, 0) is 57.3 Å². The number of hydrogen-bond donors (Lipinski definition) is 1. The van der Waals surface area contributed by atoms with Gasteiger partial charge in [-0.15, -0.1) is 0 Å². The molecule has 1 aromatic heterocycles. The van der Waals surface area contributed by atoms with Crippen molar-refractivity contribution < 1.29 is 0 Å². The number of likely N-dealkylation sites (tertiary alicyclic amines) is 1. The van der Waals surface area contributed by atoms with Crippen molar-refractivity contribution >= 4 is 28.9 Å². The molecule has 1 N–H and O–H groups in total. The van der Waals surface area contributed by atoms with Crippen LogP contribution in [0.15, 0.2) is 6.07 Å². The second kappa shape index (κ2) is 7.48. The van der Waals surface area contributed by atoms with Gasteiger partial charge in [0.15, 0.2) is 5.15 Å². The fourth-order valence-electron chi connectivity index (χ4n) is 2.81. The van der Waals surface area contributed by atoms with Crippen molar-refractivity contribution in [3.8, 4) is 0 Å². The largest absolute Gasteiger partial charge is 0.380 e. The van der Waals surface area contributed by atoms with Gasteiger partial charge in [-0.1, -0.05) is 30.1 Å². The highest BCUT2D eigenvalue weighted by molar-refractivity contribution is 6.34. The van der Waals surface area contributed by atoms with Crippen LogP contribution in [0.5, 0.6) is 0 Å². The molecule has 0 saturated carbocycles. The molecule has 1 atom stereocenters. The van der Waals surface area contributed by atoms with Gasteiger partial charge in [-0.25, -0.2) is 4.98 Å². The number of aryl methyl sites for hydroxylation is 1. The average Bonchev–Trinajstić information content (AvgIpc) is 2.60. The van der Waals surface area contributed by atoms with E-state index in [1.807, 2.05) is 13.0 Å². The first-order valence-corrected chi connectivity index (χ1v) is 8.17. The number of pyridine rings is 1. The first-order chi connectivity index (χ1) is 9.60. The number of aromatic nitrogens is 1. The Morgan fingerprint density at radius 2 is 2.15 bits per heavy atom. The maximum Gasteiger partial charge on any atom is 0.154 e. The van der Waals surface area contributed by atoms with Crippen molar-refractivity contribution in [2.75, 3.05) is 25.0 Å². The van der Waals surface area contributed by atoms with Crippen LogP contribution in [0.25, 0.3) is 0 Å². The maximum atomic E-state index is 6.20. The lowest BCUT2D eigenvalue weighted by Gasteiger charge is -2.21. The Morgan fingerprint density at radius 1 is 1.35 bits per heavy atom. The van der Waals surface area contributed by atoms with E-state index in [1.165, 1.54) is 32.4 Å². The molecule has 1 unspecified atom stereocenters. The molecule has 5 heteroatoms. The molecule has 3 nitrogen and oxygen atoms in total. The van der Waals surface area contributed by atoms with Gasteiger partial charge in [0, 0.05) is 12.6 Å². The summed E-state index contributed by atoms with van der Waals surface area (Å²) in [5.74, 6) is 0. The first kappa shape index (κ1) is 15.9. The highest BCUT2D eigenvalue weighted by atomic mass is 35.5. The Kier molecular flexibility index (Phi) is 5.94. The summed E-state index contributed by atoms with van der Waals surface area (Å²) >= 11 is 12.1. The summed E-state index contributed by atoms with van der Waals surface area (Å²) in [5, 5.41) is 4.50. The molecule has 20 heavy (non-hydrogen) atoms. The summed E-state index contributed by atoms with van der Waals surface area (Å²) in [4.78, 5) is 6.68. The van der Waals surface area contributed by atoms with Crippen LogP contribution in [0.4, 0.5) is 5.69 Å². The monoisotopic (exact) mass is 315 g/mol. The van der Waals surface area contributed by atoms with E-state index in [0.717, 1.165) is 24.2 Å². The average molecular weight is 316 g/mol. The molecule has 0 radical (unpaired) electrons. The zero-order chi connectivity index (χ0) is 14.5. The van der Waals surface area contributed by atoms with Crippen LogP contribution in [-0.2, 0) is 0 Å². The smallest absolute Gasteiger partial charge is 0.154 e. The van der Waals surface area contributed by atoms with E-state index in [-0.39, 0.29) is 0 Å². The number of nitrogens with zero attached hydrogens (tertiary/aromatic N) is 2. The third-order valence-corrected chi connectivity index (χ3v) is 4.32. The van der Waals surface area contributed by atoms with E-state index in [1.54, 1.807) is 0 Å². The Bertz CT molecular complexity index is 428. The predicted octanol–water partition coefficient (Wildman–Crippen LogP) is 4.37. The van der Waals surface area contributed by atoms with Crippen molar-refractivity contribution in [1.82, 2.24) is 9.88 Å². The third-order valence-electron chi connectivity index (χ3n) is 3.85. The fourth-order valence-corrected chi connectivity index (χ4v) is 3.40. The second-order valence-electron chi connectivity index (χ2n) is 5.54. The molecule has 112 valence electrons. The van der Waals surface area contributed by atoms with Gasteiger partial charge in [0.25, 0.3) is 0 Å². The molecule has 1 fully saturated rings. The van der Waals surface area contributed by atoms with Crippen molar-refractivity contribution in [3.63, 3.8) is 0 Å². The minimum absolute atomic E-state index is 0.452. The molecular formula is C15H23Cl2N3. The van der Waals surface area contributed by atoms with Gasteiger partial charge >= 0.3 is 0 Å². The van der Waals surface area contributed by atoms with Crippen molar-refractivity contribution in [2.24, 2.45) is 0 Å². The Balaban J connectivity index is 2.00. The van der Waals surface area contributed by atoms with Crippen molar-refractivity contribution in [3.05, 3.63) is 21.9 Å². The molecule has 0 spiro atoms. The lowest BCUT2D eigenvalue weighted by Crippen LogP contribution is -2.27. The van der Waals surface area contributed by atoms with Crippen LogP contribution in [0.1, 0.15) is 38.2 Å². The molecular weight excluding hydrogens is 293 g/mol. The van der Waals surface area contributed by atoms with E-state index in [0.29, 0.717) is 16.3 Å². The van der Waals surface area contributed by atoms with Crippen LogP contribution in [0.3, 0.4) is 0 Å². The van der Waals surface area contributed by atoms with Crippen LogP contribution in [-0.4, -0.2) is 35.6 Å². The van der Waals surface area contributed by atoms with E-state index >= 15 is 0 Å². The minimum atomic E-state index is 0.452. The van der Waals surface area contributed by atoms with E-state index < -0.39 is 0 Å². The Labute approximate surface area is 131 Å². The summed E-state index contributed by atoms with van der Waals surface area (Å²) in [6.07, 6.45) is 4.79. The molecule has 2 rings (SSSR count). The molecule has 1 aliphatic rings. The van der Waals surface area contributed by atoms with E-state index in [9.17, 15) is 0 Å². The zero-order valence-corrected chi connectivity index (χ0v) is 13.8. The van der Waals surface area contributed by atoms with Gasteiger partial charge in [-0.3, -0.25) is 0 Å². The minimum Gasteiger partial charge on any atom is -0.380 e. The predicted molar refractivity (Wildman–Crippen MR) is 87.0 cm³/mol. The number of halogens is 2. The molecule has 2 heterocycles. The standard InChI is InChI=1S/C15H23Cl2N3/c1-3-7-20-8-4-5-12(6-9-20)18-14-11(2)10-13(16)19-15(14)17/h10,12,18H,3-9H2,1-2H3. The fraction of sp³-hybridized carbons (Fsp3) is 0.667. The van der Waals surface area contributed by atoms with Crippen molar-refractivity contribution in [2.45, 2.75) is 45.6 Å². The molecule has 1 aliphatic heterocycles. The highest BCUT2D eigenvalue weighted by Crippen LogP contribution is 2.28.